The van der Waals surface area contributed by atoms with Gasteiger partial charge in [-0.2, -0.15) is 0 Å². The second kappa shape index (κ2) is 8.56. The Balaban J connectivity index is 1.64. The van der Waals surface area contributed by atoms with Crippen LogP contribution in [0.15, 0.2) is 30.3 Å². The van der Waals surface area contributed by atoms with Crippen LogP contribution in [-0.4, -0.2) is 12.1 Å². The number of rotatable bonds is 7. The van der Waals surface area contributed by atoms with E-state index in [9.17, 15) is 4.39 Å². The fraction of sp³-hybridized carbons (Fsp3) is 0.375. The zero-order valence-electron chi connectivity index (χ0n) is 17.7. The molecule has 0 bridgehead atoms. The molecule has 3 aromatic rings. The van der Waals surface area contributed by atoms with Crippen LogP contribution in [0.1, 0.15) is 46.9 Å². The molecule has 30 heavy (non-hydrogen) atoms. The second-order valence-electron chi connectivity index (χ2n) is 8.11. The summed E-state index contributed by atoms with van der Waals surface area (Å²) in [5.74, 6) is 1.30. The molecule has 0 radical (unpaired) electrons. The van der Waals surface area contributed by atoms with Gasteiger partial charge in [0.05, 0.1) is 23.9 Å². The van der Waals surface area contributed by atoms with Gasteiger partial charge < -0.3 is 10.1 Å². The molecule has 1 aromatic heterocycles. The van der Waals surface area contributed by atoms with Gasteiger partial charge in [0, 0.05) is 10.4 Å². The van der Waals surface area contributed by atoms with Gasteiger partial charge >= 0.3 is 0 Å². The zero-order valence-corrected chi connectivity index (χ0v) is 19.3. The van der Waals surface area contributed by atoms with E-state index in [4.69, 9.17) is 21.3 Å². The number of methoxy groups -OCH3 is 1. The van der Waals surface area contributed by atoms with E-state index in [0.717, 1.165) is 44.6 Å². The lowest BCUT2D eigenvalue weighted by molar-refractivity contribution is 0.412. The number of aromatic nitrogens is 1. The molecule has 1 N–H and O–H groups in total. The first-order valence-corrected chi connectivity index (χ1v) is 11.4. The molecule has 0 aliphatic heterocycles. The van der Waals surface area contributed by atoms with Gasteiger partial charge in [-0.1, -0.05) is 36.6 Å². The smallest absolute Gasteiger partial charge is 0.183 e. The number of halogens is 2. The molecule has 158 valence electrons. The average Bonchev–Trinajstić information content (AvgIpc) is 3.46. The van der Waals surface area contributed by atoms with Gasteiger partial charge in [0.1, 0.15) is 11.6 Å². The summed E-state index contributed by atoms with van der Waals surface area (Å²) in [6.07, 6.45) is 3.48. The lowest BCUT2D eigenvalue weighted by atomic mass is 10.00. The molecule has 0 spiro atoms. The number of nitrogens with one attached hydrogen (secondary N) is 1. The van der Waals surface area contributed by atoms with Crippen LogP contribution in [0.25, 0.3) is 11.3 Å². The summed E-state index contributed by atoms with van der Waals surface area (Å²) in [4.78, 5) is 5.95. The van der Waals surface area contributed by atoms with E-state index in [1.54, 1.807) is 31.4 Å². The molecule has 1 aliphatic rings. The van der Waals surface area contributed by atoms with E-state index in [2.05, 4.69) is 12.2 Å². The Labute approximate surface area is 186 Å². The quantitative estimate of drug-likeness (QED) is 0.409. The van der Waals surface area contributed by atoms with Gasteiger partial charge in [-0.25, -0.2) is 9.37 Å². The fourth-order valence-corrected chi connectivity index (χ4v) is 4.84. The number of hydrogen-bond donors (Lipinski definition) is 1. The van der Waals surface area contributed by atoms with Crippen LogP contribution < -0.4 is 10.1 Å². The highest BCUT2D eigenvalue weighted by atomic mass is 35.5. The molecule has 1 atom stereocenters. The minimum atomic E-state index is -0.161. The lowest BCUT2D eigenvalue weighted by Crippen LogP contribution is -2.12. The summed E-state index contributed by atoms with van der Waals surface area (Å²) in [5.41, 5.74) is 4.43. The monoisotopic (exact) mass is 444 g/mol. The SMILES string of the molecule is COc1cc(Cl)c(-c2nc(N[C@@H](CC3CC3)c3ccc(C)c(F)c3)sc2C)cc1C. The van der Waals surface area contributed by atoms with Crippen molar-refractivity contribution in [1.82, 2.24) is 4.98 Å². The van der Waals surface area contributed by atoms with Crippen molar-refractivity contribution in [1.29, 1.82) is 0 Å². The molecular formula is C24H26ClFN2OS. The lowest BCUT2D eigenvalue weighted by Gasteiger charge is -2.19. The first kappa shape index (κ1) is 21.1. The second-order valence-corrected chi connectivity index (χ2v) is 9.72. The number of nitrogens with zero attached hydrogens (tertiary/aromatic N) is 1. The third kappa shape index (κ3) is 4.47. The van der Waals surface area contributed by atoms with Gasteiger partial charge in [-0.05, 0) is 68.0 Å². The molecule has 1 saturated carbocycles. The number of aryl methyl sites for hydroxylation is 3. The Hall–Kier alpha value is -2.11. The Bertz CT molecular complexity index is 1080. The third-order valence-electron chi connectivity index (χ3n) is 5.70. The molecule has 0 amide bonds. The Morgan fingerprint density at radius 1 is 1.20 bits per heavy atom. The number of anilines is 1. The van der Waals surface area contributed by atoms with Gasteiger partial charge in [0.25, 0.3) is 0 Å². The number of ether oxygens (including phenoxy) is 1. The summed E-state index contributed by atoms with van der Waals surface area (Å²) in [5, 5.41) is 5.02. The van der Waals surface area contributed by atoms with Crippen molar-refractivity contribution in [2.75, 3.05) is 12.4 Å². The maximum atomic E-state index is 14.2. The summed E-state index contributed by atoms with van der Waals surface area (Å²) < 4.78 is 19.6. The van der Waals surface area contributed by atoms with Crippen LogP contribution in [-0.2, 0) is 0 Å². The highest BCUT2D eigenvalue weighted by molar-refractivity contribution is 7.16. The van der Waals surface area contributed by atoms with Crippen molar-refractivity contribution in [2.24, 2.45) is 5.92 Å². The van der Waals surface area contributed by atoms with E-state index >= 15 is 0 Å². The van der Waals surface area contributed by atoms with Crippen LogP contribution in [0.4, 0.5) is 9.52 Å². The molecule has 3 nitrogen and oxygen atoms in total. The van der Waals surface area contributed by atoms with Crippen LogP contribution in [0.2, 0.25) is 5.02 Å². The Morgan fingerprint density at radius 3 is 2.63 bits per heavy atom. The summed E-state index contributed by atoms with van der Waals surface area (Å²) in [7, 11) is 1.64. The topological polar surface area (TPSA) is 34.1 Å². The summed E-state index contributed by atoms with van der Waals surface area (Å²) in [6, 6.07) is 9.42. The Morgan fingerprint density at radius 2 is 1.97 bits per heavy atom. The minimum Gasteiger partial charge on any atom is -0.496 e. The molecule has 1 heterocycles. The van der Waals surface area contributed by atoms with Crippen molar-refractivity contribution in [3.05, 3.63) is 62.7 Å². The number of thiazole rings is 1. The average molecular weight is 445 g/mol. The van der Waals surface area contributed by atoms with E-state index < -0.39 is 0 Å². The van der Waals surface area contributed by atoms with Crippen molar-refractivity contribution < 1.29 is 9.13 Å². The predicted molar refractivity (Wildman–Crippen MR) is 123 cm³/mol. The van der Waals surface area contributed by atoms with Gasteiger partial charge in [-0.15, -0.1) is 11.3 Å². The van der Waals surface area contributed by atoms with E-state index in [1.165, 1.54) is 12.8 Å². The van der Waals surface area contributed by atoms with Crippen LogP contribution in [0.3, 0.4) is 0 Å². The highest BCUT2D eigenvalue weighted by Crippen LogP contribution is 2.42. The Kier molecular flexibility index (Phi) is 6.03. The first-order valence-electron chi connectivity index (χ1n) is 10.2. The van der Waals surface area contributed by atoms with Crippen LogP contribution in [0, 0.1) is 32.5 Å². The molecule has 2 aromatic carbocycles. The standard InChI is InChI=1S/C24H26ClFN2OS/c1-13-5-8-17(11-20(13)26)21(10-16-6-7-16)27-24-28-23(15(3)30-24)18-9-14(2)22(29-4)12-19(18)25/h5,8-9,11-12,16,21H,6-7,10H2,1-4H3,(H,27,28)/t21-/m0/s1. The van der Waals surface area contributed by atoms with Gasteiger partial charge in [0.15, 0.2) is 5.13 Å². The van der Waals surface area contributed by atoms with E-state index in [-0.39, 0.29) is 11.9 Å². The van der Waals surface area contributed by atoms with Gasteiger partial charge in [-0.3, -0.25) is 0 Å². The predicted octanol–water partition coefficient (Wildman–Crippen LogP) is 7.49. The summed E-state index contributed by atoms with van der Waals surface area (Å²) >= 11 is 8.14. The zero-order chi connectivity index (χ0) is 21.4. The summed E-state index contributed by atoms with van der Waals surface area (Å²) in [6.45, 7) is 5.84. The maximum absolute atomic E-state index is 14.2. The van der Waals surface area contributed by atoms with E-state index in [0.29, 0.717) is 16.5 Å². The first-order chi connectivity index (χ1) is 14.4. The molecule has 0 unspecified atom stereocenters. The fourth-order valence-electron chi connectivity index (χ4n) is 3.71. The number of hydrogen-bond acceptors (Lipinski definition) is 4. The van der Waals surface area contributed by atoms with Gasteiger partial charge in [0.2, 0.25) is 0 Å². The third-order valence-corrected chi connectivity index (χ3v) is 6.91. The van der Waals surface area contributed by atoms with Crippen LogP contribution >= 0.6 is 22.9 Å². The van der Waals surface area contributed by atoms with Crippen molar-refractivity contribution in [3.8, 4) is 17.0 Å². The molecule has 4 rings (SSSR count). The molecular weight excluding hydrogens is 419 g/mol. The number of benzene rings is 2. The highest BCUT2D eigenvalue weighted by Gasteiger charge is 2.27. The molecule has 1 fully saturated rings. The largest absolute Gasteiger partial charge is 0.496 e. The van der Waals surface area contributed by atoms with E-state index in [1.807, 2.05) is 31.2 Å². The minimum absolute atomic E-state index is 0.0408. The van der Waals surface area contributed by atoms with Crippen LogP contribution in [0.5, 0.6) is 5.75 Å². The maximum Gasteiger partial charge on any atom is 0.183 e. The molecule has 6 heteroatoms. The van der Waals surface area contributed by atoms with Crippen molar-refractivity contribution in [2.45, 2.75) is 46.1 Å². The normalized spacial score (nSPS) is 14.6. The van der Waals surface area contributed by atoms with Crippen molar-refractivity contribution >= 4 is 28.1 Å². The molecule has 0 saturated heterocycles. The molecule has 1 aliphatic carbocycles. The van der Waals surface area contributed by atoms with Crippen molar-refractivity contribution in [3.63, 3.8) is 0 Å².